The van der Waals surface area contributed by atoms with Gasteiger partial charge in [-0.25, -0.2) is 4.98 Å². The number of methoxy groups -OCH3 is 3. The van der Waals surface area contributed by atoms with Crippen molar-refractivity contribution < 1.29 is 23.8 Å². The van der Waals surface area contributed by atoms with Gasteiger partial charge in [-0.15, -0.1) is 0 Å². The Bertz CT molecular complexity index is 1200. The molecule has 2 heterocycles. The first-order chi connectivity index (χ1) is 16.4. The van der Waals surface area contributed by atoms with Gasteiger partial charge in [0.15, 0.2) is 11.5 Å². The van der Waals surface area contributed by atoms with Crippen molar-refractivity contribution in [2.75, 3.05) is 26.6 Å². The molecule has 8 nitrogen and oxygen atoms in total. The summed E-state index contributed by atoms with van der Waals surface area (Å²) < 4.78 is 16.5. The Morgan fingerprint density at radius 1 is 1.06 bits per heavy atom. The third-order valence-corrected chi connectivity index (χ3v) is 5.86. The third-order valence-electron chi connectivity index (χ3n) is 5.86. The molecule has 1 aliphatic rings. The van der Waals surface area contributed by atoms with Crippen LogP contribution in [0.25, 0.3) is 0 Å². The molecule has 2 amide bonds. The van der Waals surface area contributed by atoms with Crippen LogP contribution in [0.5, 0.6) is 17.2 Å². The van der Waals surface area contributed by atoms with E-state index >= 15 is 0 Å². The lowest BCUT2D eigenvalue weighted by molar-refractivity contribution is -0.117. The van der Waals surface area contributed by atoms with E-state index in [-0.39, 0.29) is 18.2 Å². The lowest BCUT2D eigenvalue weighted by Gasteiger charge is -2.29. The van der Waals surface area contributed by atoms with Gasteiger partial charge in [0, 0.05) is 18.3 Å². The van der Waals surface area contributed by atoms with E-state index in [1.54, 1.807) is 35.4 Å². The Hall–Kier alpha value is -4.07. The van der Waals surface area contributed by atoms with Crippen molar-refractivity contribution in [2.24, 2.45) is 0 Å². The third kappa shape index (κ3) is 4.52. The van der Waals surface area contributed by atoms with E-state index in [4.69, 9.17) is 14.2 Å². The minimum atomic E-state index is -0.571. The van der Waals surface area contributed by atoms with Gasteiger partial charge in [0.1, 0.15) is 5.82 Å². The molecule has 3 aromatic rings. The zero-order valence-electron chi connectivity index (χ0n) is 19.6. The summed E-state index contributed by atoms with van der Waals surface area (Å²) in [5.74, 6) is 1.41. The number of carbonyl (C=O) groups excluding carboxylic acids is 2. The van der Waals surface area contributed by atoms with Crippen LogP contribution in [0, 0.1) is 6.92 Å². The van der Waals surface area contributed by atoms with Crippen molar-refractivity contribution in [2.45, 2.75) is 25.9 Å². The van der Waals surface area contributed by atoms with Gasteiger partial charge < -0.3 is 24.4 Å². The van der Waals surface area contributed by atoms with E-state index in [0.29, 0.717) is 40.7 Å². The summed E-state index contributed by atoms with van der Waals surface area (Å²) in [6.45, 7) is 2.32. The van der Waals surface area contributed by atoms with Gasteiger partial charge in [0.05, 0.1) is 33.8 Å². The number of hydrogen-bond donors (Lipinski definition) is 1. The molecular formula is C26H27N3O5. The molecule has 0 saturated carbocycles. The second-order valence-corrected chi connectivity index (χ2v) is 8.04. The average molecular weight is 462 g/mol. The maximum absolute atomic E-state index is 13.3. The zero-order valence-corrected chi connectivity index (χ0v) is 19.6. The summed E-state index contributed by atoms with van der Waals surface area (Å²) in [6.07, 6.45) is 1.66. The fraction of sp³-hybridized carbons (Fsp3) is 0.269. The Morgan fingerprint density at radius 3 is 2.38 bits per heavy atom. The average Bonchev–Trinajstić information content (AvgIpc) is 3.17. The van der Waals surface area contributed by atoms with Gasteiger partial charge in [0.2, 0.25) is 11.7 Å². The van der Waals surface area contributed by atoms with Crippen molar-refractivity contribution in [3.8, 4) is 17.2 Å². The number of carbonyl (C=O) groups is 2. The van der Waals surface area contributed by atoms with Crippen molar-refractivity contribution in [3.63, 3.8) is 0 Å². The van der Waals surface area contributed by atoms with Crippen LogP contribution >= 0.6 is 0 Å². The summed E-state index contributed by atoms with van der Waals surface area (Å²) >= 11 is 0. The first kappa shape index (κ1) is 23.1. The number of aryl methyl sites for hydroxylation is 1. The minimum absolute atomic E-state index is 0.0218. The number of ether oxygens (including phenoxy) is 3. The Kier molecular flexibility index (Phi) is 6.67. The quantitative estimate of drug-likeness (QED) is 0.542. The van der Waals surface area contributed by atoms with E-state index in [0.717, 1.165) is 11.1 Å². The van der Waals surface area contributed by atoms with E-state index in [9.17, 15) is 9.59 Å². The Labute approximate surface area is 198 Å². The molecular weight excluding hydrogens is 434 g/mol. The summed E-state index contributed by atoms with van der Waals surface area (Å²) in [6, 6.07) is 14.1. The van der Waals surface area contributed by atoms with Gasteiger partial charge in [-0.3, -0.25) is 9.59 Å². The van der Waals surface area contributed by atoms with Crippen LogP contribution in [0.1, 0.15) is 39.5 Å². The van der Waals surface area contributed by atoms with E-state index in [1.165, 1.54) is 21.3 Å². The summed E-state index contributed by atoms with van der Waals surface area (Å²) in [5, 5.41) is 2.85. The number of benzene rings is 2. The van der Waals surface area contributed by atoms with Crippen LogP contribution in [-0.4, -0.2) is 43.0 Å². The fourth-order valence-electron chi connectivity index (χ4n) is 4.20. The molecule has 0 saturated heterocycles. The molecule has 4 rings (SSSR count). The number of aromatic nitrogens is 1. The first-order valence-electron chi connectivity index (χ1n) is 10.9. The van der Waals surface area contributed by atoms with Crippen LogP contribution in [-0.2, 0) is 11.3 Å². The van der Waals surface area contributed by atoms with E-state index in [1.807, 2.05) is 31.2 Å². The normalized spacial score (nSPS) is 13.3. The number of fused-ring (bicyclic) bond motifs is 1. The molecule has 176 valence electrons. The molecule has 8 heteroatoms. The summed E-state index contributed by atoms with van der Waals surface area (Å²) in [7, 11) is 4.59. The standard InChI is InChI=1S/C26H27N3O5/c1-16-9-10-27-23(11-16)28-24(30)14-20(29-15-17-7-5-6-8-19(17)26(29)31)18-12-21(32-2)25(34-4)22(13-18)33-3/h5-13,20H,14-15H2,1-4H3,(H,27,28,30)/t20-/m1/s1. The molecule has 0 fully saturated rings. The smallest absolute Gasteiger partial charge is 0.255 e. The number of hydrogen-bond acceptors (Lipinski definition) is 6. The highest BCUT2D eigenvalue weighted by molar-refractivity contribution is 5.99. The SMILES string of the molecule is COc1cc([C@@H](CC(=O)Nc2cc(C)ccn2)N2Cc3ccccc3C2=O)cc(OC)c1OC. The largest absolute Gasteiger partial charge is 0.493 e. The maximum Gasteiger partial charge on any atom is 0.255 e. The predicted octanol–water partition coefficient (Wildman–Crippen LogP) is 4.14. The second kappa shape index (κ2) is 9.82. The van der Waals surface area contributed by atoms with Crippen molar-refractivity contribution >= 4 is 17.6 Å². The number of anilines is 1. The van der Waals surface area contributed by atoms with Crippen LogP contribution in [0.15, 0.2) is 54.7 Å². The molecule has 34 heavy (non-hydrogen) atoms. The van der Waals surface area contributed by atoms with Crippen molar-refractivity contribution in [3.05, 3.63) is 77.0 Å². The Balaban J connectivity index is 1.72. The van der Waals surface area contributed by atoms with Gasteiger partial charge in [0.25, 0.3) is 5.91 Å². The maximum atomic E-state index is 13.3. The highest BCUT2D eigenvalue weighted by Crippen LogP contribution is 2.43. The lowest BCUT2D eigenvalue weighted by Crippen LogP contribution is -2.32. The van der Waals surface area contributed by atoms with E-state index < -0.39 is 6.04 Å². The van der Waals surface area contributed by atoms with Gasteiger partial charge >= 0.3 is 0 Å². The topological polar surface area (TPSA) is 90.0 Å². The first-order valence-corrected chi connectivity index (χ1v) is 10.9. The zero-order chi connectivity index (χ0) is 24.2. The molecule has 0 aliphatic carbocycles. The molecule has 1 atom stereocenters. The highest BCUT2D eigenvalue weighted by Gasteiger charge is 2.35. The van der Waals surface area contributed by atoms with Crippen LogP contribution in [0.2, 0.25) is 0 Å². The number of pyridine rings is 1. The molecule has 0 unspecified atom stereocenters. The lowest BCUT2D eigenvalue weighted by atomic mass is 10.00. The summed E-state index contributed by atoms with van der Waals surface area (Å²) in [5.41, 5.74) is 3.24. The fourth-order valence-corrected chi connectivity index (χ4v) is 4.20. The number of nitrogens with zero attached hydrogens (tertiary/aromatic N) is 2. The van der Waals surface area contributed by atoms with Gasteiger partial charge in [-0.1, -0.05) is 18.2 Å². The van der Waals surface area contributed by atoms with Crippen LogP contribution in [0.3, 0.4) is 0 Å². The number of nitrogens with one attached hydrogen (secondary N) is 1. The van der Waals surface area contributed by atoms with Gasteiger partial charge in [-0.05, 0) is 53.9 Å². The predicted molar refractivity (Wildman–Crippen MR) is 127 cm³/mol. The molecule has 0 bridgehead atoms. The van der Waals surface area contributed by atoms with Gasteiger partial charge in [-0.2, -0.15) is 0 Å². The van der Waals surface area contributed by atoms with E-state index in [2.05, 4.69) is 10.3 Å². The van der Waals surface area contributed by atoms with Crippen LogP contribution in [0.4, 0.5) is 5.82 Å². The molecule has 0 spiro atoms. The minimum Gasteiger partial charge on any atom is -0.493 e. The summed E-state index contributed by atoms with van der Waals surface area (Å²) in [4.78, 5) is 32.3. The Morgan fingerprint density at radius 2 is 1.76 bits per heavy atom. The molecule has 0 radical (unpaired) electrons. The van der Waals surface area contributed by atoms with Crippen molar-refractivity contribution in [1.29, 1.82) is 0 Å². The monoisotopic (exact) mass is 461 g/mol. The molecule has 1 N–H and O–H groups in total. The number of amides is 2. The highest BCUT2D eigenvalue weighted by atomic mass is 16.5. The number of rotatable bonds is 8. The molecule has 2 aromatic carbocycles. The van der Waals surface area contributed by atoms with Crippen LogP contribution < -0.4 is 19.5 Å². The second-order valence-electron chi connectivity index (χ2n) is 8.04. The molecule has 1 aromatic heterocycles. The molecule has 1 aliphatic heterocycles. The van der Waals surface area contributed by atoms with Crippen molar-refractivity contribution in [1.82, 2.24) is 9.88 Å².